The molecule has 1 atom stereocenters. The van der Waals surface area contributed by atoms with E-state index < -0.39 is 10.0 Å². The molecule has 1 aliphatic rings. The normalized spacial score (nSPS) is 22.1. The molecular weight excluding hydrogens is 272 g/mol. The summed E-state index contributed by atoms with van der Waals surface area (Å²) in [5.41, 5.74) is 0.539. The Labute approximate surface area is 120 Å². The van der Waals surface area contributed by atoms with Crippen molar-refractivity contribution in [1.29, 1.82) is 5.26 Å². The van der Waals surface area contributed by atoms with Crippen LogP contribution >= 0.6 is 0 Å². The minimum Gasteiger partial charge on any atom is -0.208 e. The second kappa shape index (κ2) is 5.55. The Bertz CT molecular complexity index is 630. The highest BCUT2D eigenvalue weighted by Crippen LogP contribution is 2.35. The highest BCUT2D eigenvalue weighted by Gasteiger charge is 2.30. The molecule has 20 heavy (non-hydrogen) atoms. The first-order valence-corrected chi connectivity index (χ1v) is 8.33. The van der Waals surface area contributed by atoms with Gasteiger partial charge < -0.3 is 0 Å². The summed E-state index contributed by atoms with van der Waals surface area (Å²) in [6.07, 6.45) is 3.90. The monoisotopic (exact) mass is 292 g/mol. The minimum absolute atomic E-state index is 0.0190. The molecule has 1 aliphatic carbocycles. The SMILES string of the molecule is CC1(C)CCCC(NS(=O)(=O)c2cccc(C#N)c2)C1. The highest BCUT2D eigenvalue weighted by atomic mass is 32.2. The molecule has 0 amide bonds. The Kier molecular flexibility index (Phi) is 4.17. The van der Waals surface area contributed by atoms with Crippen LogP contribution in [0.15, 0.2) is 29.2 Å². The topological polar surface area (TPSA) is 70.0 Å². The lowest BCUT2D eigenvalue weighted by molar-refractivity contribution is 0.212. The van der Waals surface area contributed by atoms with Crippen molar-refractivity contribution >= 4 is 10.0 Å². The van der Waals surface area contributed by atoms with E-state index in [0.29, 0.717) is 5.56 Å². The first-order valence-electron chi connectivity index (χ1n) is 6.85. The Morgan fingerprint density at radius 3 is 2.80 bits per heavy atom. The summed E-state index contributed by atoms with van der Waals surface area (Å²) >= 11 is 0. The van der Waals surface area contributed by atoms with E-state index in [-0.39, 0.29) is 16.4 Å². The van der Waals surface area contributed by atoms with Crippen molar-refractivity contribution in [2.45, 2.75) is 50.5 Å². The van der Waals surface area contributed by atoms with Gasteiger partial charge in [-0.15, -0.1) is 0 Å². The van der Waals surface area contributed by atoms with Gasteiger partial charge in [-0.05, 0) is 42.9 Å². The number of benzene rings is 1. The van der Waals surface area contributed by atoms with Crippen molar-refractivity contribution in [3.05, 3.63) is 29.8 Å². The molecule has 0 radical (unpaired) electrons. The van der Waals surface area contributed by atoms with E-state index in [1.807, 2.05) is 6.07 Å². The lowest BCUT2D eigenvalue weighted by Gasteiger charge is -2.35. The van der Waals surface area contributed by atoms with Crippen LogP contribution in [-0.2, 0) is 10.0 Å². The molecule has 1 saturated carbocycles. The van der Waals surface area contributed by atoms with Gasteiger partial charge in [-0.1, -0.05) is 26.3 Å². The number of hydrogen-bond donors (Lipinski definition) is 1. The average molecular weight is 292 g/mol. The van der Waals surface area contributed by atoms with Crippen LogP contribution in [0.25, 0.3) is 0 Å². The summed E-state index contributed by atoms with van der Waals surface area (Å²) < 4.78 is 27.5. The van der Waals surface area contributed by atoms with Crippen LogP contribution in [0.3, 0.4) is 0 Å². The quantitative estimate of drug-likeness (QED) is 0.931. The van der Waals surface area contributed by atoms with Gasteiger partial charge in [0, 0.05) is 6.04 Å². The van der Waals surface area contributed by atoms with Crippen LogP contribution < -0.4 is 4.72 Å². The van der Waals surface area contributed by atoms with E-state index in [0.717, 1.165) is 25.7 Å². The van der Waals surface area contributed by atoms with Crippen LogP contribution in [0.1, 0.15) is 45.1 Å². The zero-order valence-electron chi connectivity index (χ0n) is 11.9. The molecule has 0 heterocycles. The van der Waals surface area contributed by atoms with Gasteiger partial charge in [0.15, 0.2) is 0 Å². The molecule has 4 nitrogen and oxygen atoms in total. The predicted octanol–water partition coefficient (Wildman–Crippen LogP) is 2.81. The molecule has 1 aromatic rings. The van der Waals surface area contributed by atoms with Crippen LogP contribution in [0.4, 0.5) is 0 Å². The Morgan fingerprint density at radius 1 is 1.40 bits per heavy atom. The van der Waals surface area contributed by atoms with Crippen molar-refractivity contribution in [2.75, 3.05) is 0 Å². The van der Waals surface area contributed by atoms with Crippen molar-refractivity contribution in [2.24, 2.45) is 5.41 Å². The second-order valence-electron chi connectivity index (χ2n) is 6.22. The zero-order chi connectivity index (χ0) is 14.8. The van der Waals surface area contributed by atoms with Gasteiger partial charge in [0.05, 0.1) is 16.5 Å². The lowest BCUT2D eigenvalue weighted by Crippen LogP contribution is -2.40. The molecule has 5 heteroatoms. The molecule has 0 aliphatic heterocycles. The van der Waals surface area contributed by atoms with Gasteiger partial charge in [0.2, 0.25) is 10.0 Å². The summed E-state index contributed by atoms with van der Waals surface area (Å²) in [6.45, 7) is 4.34. The standard InChI is InChI=1S/C15H20N2O2S/c1-15(2)8-4-6-13(10-15)17-20(18,19)14-7-3-5-12(9-14)11-16/h3,5,7,9,13,17H,4,6,8,10H2,1-2H3. The van der Waals surface area contributed by atoms with Crippen molar-refractivity contribution in [3.8, 4) is 6.07 Å². The zero-order valence-corrected chi connectivity index (χ0v) is 12.7. The van der Waals surface area contributed by atoms with Crippen LogP contribution in [-0.4, -0.2) is 14.5 Å². The fraction of sp³-hybridized carbons (Fsp3) is 0.533. The van der Waals surface area contributed by atoms with Crippen LogP contribution in [0.2, 0.25) is 0 Å². The number of hydrogen-bond acceptors (Lipinski definition) is 3. The molecule has 0 saturated heterocycles. The fourth-order valence-electron chi connectivity index (χ4n) is 2.82. The molecular formula is C15H20N2O2S. The van der Waals surface area contributed by atoms with Crippen LogP contribution in [0.5, 0.6) is 0 Å². The molecule has 108 valence electrons. The number of sulfonamides is 1. The molecule has 2 rings (SSSR count). The first-order chi connectivity index (χ1) is 9.32. The maximum absolute atomic E-state index is 12.4. The third-order valence-corrected chi connectivity index (χ3v) is 5.32. The van der Waals surface area contributed by atoms with E-state index in [1.54, 1.807) is 12.1 Å². The van der Waals surface area contributed by atoms with Gasteiger partial charge in [-0.2, -0.15) is 5.26 Å². The molecule has 0 spiro atoms. The Morgan fingerprint density at radius 2 is 2.15 bits per heavy atom. The number of nitrogens with zero attached hydrogens (tertiary/aromatic N) is 1. The van der Waals surface area contributed by atoms with Crippen molar-refractivity contribution < 1.29 is 8.42 Å². The van der Waals surface area contributed by atoms with E-state index >= 15 is 0 Å². The highest BCUT2D eigenvalue weighted by molar-refractivity contribution is 7.89. The summed E-state index contributed by atoms with van der Waals surface area (Å²) in [4.78, 5) is 0.167. The fourth-order valence-corrected chi connectivity index (χ4v) is 4.13. The maximum Gasteiger partial charge on any atom is 0.240 e. The van der Waals surface area contributed by atoms with Crippen molar-refractivity contribution in [3.63, 3.8) is 0 Å². The van der Waals surface area contributed by atoms with E-state index in [1.165, 1.54) is 12.1 Å². The summed E-state index contributed by atoms with van der Waals surface area (Å²) in [6, 6.07) is 8.08. The third-order valence-electron chi connectivity index (χ3n) is 3.80. The van der Waals surface area contributed by atoms with Crippen LogP contribution in [0, 0.1) is 16.7 Å². The molecule has 1 N–H and O–H groups in total. The average Bonchev–Trinajstić information content (AvgIpc) is 2.37. The minimum atomic E-state index is -3.54. The van der Waals surface area contributed by atoms with Gasteiger partial charge in [0.25, 0.3) is 0 Å². The van der Waals surface area contributed by atoms with Crippen molar-refractivity contribution in [1.82, 2.24) is 4.72 Å². The van der Waals surface area contributed by atoms with Gasteiger partial charge in [-0.3, -0.25) is 0 Å². The molecule has 1 fully saturated rings. The van der Waals surface area contributed by atoms with E-state index in [9.17, 15) is 8.42 Å². The van der Waals surface area contributed by atoms with E-state index in [4.69, 9.17) is 5.26 Å². The van der Waals surface area contributed by atoms with Gasteiger partial charge >= 0.3 is 0 Å². The van der Waals surface area contributed by atoms with Gasteiger partial charge in [-0.25, -0.2) is 13.1 Å². The molecule has 0 bridgehead atoms. The molecule has 1 unspecified atom stereocenters. The largest absolute Gasteiger partial charge is 0.240 e. The number of rotatable bonds is 3. The third kappa shape index (κ3) is 3.59. The summed E-state index contributed by atoms with van der Waals surface area (Å²) in [5, 5.41) is 8.85. The smallest absolute Gasteiger partial charge is 0.208 e. The number of nitriles is 1. The summed E-state index contributed by atoms with van der Waals surface area (Å²) in [7, 11) is -3.54. The maximum atomic E-state index is 12.4. The summed E-state index contributed by atoms with van der Waals surface area (Å²) in [5.74, 6) is 0. The Hall–Kier alpha value is -1.38. The van der Waals surface area contributed by atoms with E-state index in [2.05, 4.69) is 18.6 Å². The Balaban J connectivity index is 2.17. The second-order valence-corrected chi connectivity index (χ2v) is 7.93. The molecule has 1 aromatic carbocycles. The predicted molar refractivity (Wildman–Crippen MR) is 77.5 cm³/mol. The van der Waals surface area contributed by atoms with Gasteiger partial charge in [0.1, 0.15) is 0 Å². The molecule has 0 aromatic heterocycles. The number of nitrogens with one attached hydrogen (secondary N) is 1. The lowest BCUT2D eigenvalue weighted by atomic mass is 9.75. The first kappa shape index (κ1) is 15.0.